The predicted octanol–water partition coefficient (Wildman–Crippen LogP) is 2.67. The molecule has 0 saturated carbocycles. The van der Waals surface area contributed by atoms with E-state index in [0.29, 0.717) is 6.54 Å². The maximum atomic E-state index is 12.0. The van der Waals surface area contributed by atoms with E-state index in [1.165, 1.54) is 12.1 Å². The van der Waals surface area contributed by atoms with Crippen LogP contribution in [0.25, 0.3) is 0 Å². The molecule has 1 atom stereocenters. The van der Waals surface area contributed by atoms with Crippen molar-refractivity contribution in [2.75, 3.05) is 6.54 Å². The van der Waals surface area contributed by atoms with Gasteiger partial charge in [0, 0.05) is 12.6 Å². The van der Waals surface area contributed by atoms with E-state index in [9.17, 15) is 13.6 Å². The Morgan fingerprint density at radius 3 is 2.55 bits per heavy atom. The number of carboxylic acids is 1. The minimum atomic E-state index is -2.81. The van der Waals surface area contributed by atoms with Gasteiger partial charge in [-0.25, -0.2) is 0 Å². The summed E-state index contributed by atoms with van der Waals surface area (Å²) in [4.78, 5) is 10.4. The number of ether oxygens (including phenoxy) is 1. The molecule has 1 unspecified atom stereocenters. The van der Waals surface area contributed by atoms with Gasteiger partial charge in [0.1, 0.15) is 5.75 Å². The molecule has 0 aliphatic rings. The highest BCUT2D eigenvalue weighted by molar-refractivity contribution is 5.66. The van der Waals surface area contributed by atoms with Crippen LogP contribution in [0.5, 0.6) is 5.75 Å². The molecule has 0 amide bonds. The molecule has 4 nitrogen and oxygen atoms in total. The zero-order valence-electron chi connectivity index (χ0n) is 11.3. The number of aliphatic carboxylic acids is 1. The Balaban J connectivity index is 2.28. The molecule has 0 spiro atoms. The second-order valence-electron chi connectivity index (χ2n) is 4.56. The molecule has 20 heavy (non-hydrogen) atoms. The van der Waals surface area contributed by atoms with Gasteiger partial charge in [-0.2, -0.15) is 8.78 Å². The average molecular weight is 287 g/mol. The van der Waals surface area contributed by atoms with Gasteiger partial charge >= 0.3 is 12.6 Å². The second-order valence-corrected chi connectivity index (χ2v) is 4.56. The Morgan fingerprint density at radius 2 is 2.00 bits per heavy atom. The van der Waals surface area contributed by atoms with Crippen LogP contribution in [-0.2, 0) is 11.2 Å². The Kier molecular flexibility index (Phi) is 6.93. The number of carboxylic acid groups (broad SMARTS) is 1. The van der Waals surface area contributed by atoms with Gasteiger partial charge in [0.15, 0.2) is 0 Å². The van der Waals surface area contributed by atoms with Gasteiger partial charge in [0.25, 0.3) is 0 Å². The molecule has 0 saturated heterocycles. The van der Waals surface area contributed by atoms with Gasteiger partial charge in [-0.05, 0) is 37.5 Å². The smallest absolute Gasteiger partial charge is 0.387 e. The zero-order valence-corrected chi connectivity index (χ0v) is 11.3. The number of benzene rings is 1. The van der Waals surface area contributed by atoms with Crippen LogP contribution in [0.2, 0.25) is 0 Å². The largest absolute Gasteiger partial charge is 0.481 e. The van der Waals surface area contributed by atoms with Crippen molar-refractivity contribution in [2.45, 2.75) is 38.8 Å². The molecule has 0 aliphatic carbocycles. The predicted molar refractivity (Wildman–Crippen MR) is 71.1 cm³/mol. The Morgan fingerprint density at radius 1 is 1.35 bits per heavy atom. The number of nitrogens with one attached hydrogen (secondary N) is 1. The lowest BCUT2D eigenvalue weighted by Gasteiger charge is -2.13. The van der Waals surface area contributed by atoms with Crippen LogP contribution in [0, 0.1) is 0 Å². The van der Waals surface area contributed by atoms with Crippen LogP contribution < -0.4 is 10.1 Å². The minimum Gasteiger partial charge on any atom is -0.481 e. The topological polar surface area (TPSA) is 58.6 Å². The lowest BCUT2D eigenvalue weighted by Crippen LogP contribution is -2.28. The molecule has 0 radical (unpaired) electrons. The molecule has 2 N–H and O–H groups in total. The summed E-state index contributed by atoms with van der Waals surface area (Å²) in [6.07, 6.45) is 1.73. The van der Waals surface area contributed by atoms with Crippen LogP contribution in [0.1, 0.15) is 25.3 Å². The van der Waals surface area contributed by atoms with Crippen molar-refractivity contribution in [1.82, 2.24) is 5.32 Å². The summed E-state index contributed by atoms with van der Waals surface area (Å²) >= 11 is 0. The van der Waals surface area contributed by atoms with E-state index in [2.05, 4.69) is 10.1 Å². The van der Waals surface area contributed by atoms with Gasteiger partial charge in [0.2, 0.25) is 0 Å². The molecule has 0 aliphatic heterocycles. The number of hydrogen-bond donors (Lipinski definition) is 2. The number of rotatable bonds is 9. The summed E-state index contributed by atoms with van der Waals surface area (Å²) in [6.45, 7) is -0.382. The van der Waals surface area contributed by atoms with E-state index in [1.807, 2.05) is 6.92 Å². The summed E-state index contributed by atoms with van der Waals surface area (Å²) in [5.74, 6) is -0.671. The minimum absolute atomic E-state index is 0.101. The molecular formula is C14H19F2NO3. The molecule has 0 aromatic heterocycles. The van der Waals surface area contributed by atoms with Crippen molar-refractivity contribution < 1.29 is 23.4 Å². The molecule has 0 fully saturated rings. The van der Waals surface area contributed by atoms with Crippen molar-refractivity contribution in [1.29, 1.82) is 0 Å². The zero-order chi connectivity index (χ0) is 15.0. The highest BCUT2D eigenvalue weighted by atomic mass is 19.3. The molecule has 0 heterocycles. The summed E-state index contributed by atoms with van der Waals surface area (Å²) in [7, 11) is 0. The van der Waals surface area contributed by atoms with Crippen LogP contribution in [0.4, 0.5) is 8.78 Å². The highest BCUT2D eigenvalue weighted by Gasteiger charge is 2.06. The number of halogens is 2. The van der Waals surface area contributed by atoms with E-state index in [4.69, 9.17) is 5.11 Å². The maximum absolute atomic E-state index is 12.0. The van der Waals surface area contributed by atoms with E-state index >= 15 is 0 Å². The van der Waals surface area contributed by atoms with Gasteiger partial charge in [0.05, 0.1) is 6.42 Å². The molecule has 112 valence electrons. The monoisotopic (exact) mass is 287 g/mol. The summed E-state index contributed by atoms with van der Waals surface area (Å²) in [6, 6.07) is 6.74. The Bertz CT molecular complexity index is 409. The first-order chi connectivity index (χ1) is 9.47. The summed E-state index contributed by atoms with van der Waals surface area (Å²) in [5.41, 5.74) is 1.03. The van der Waals surface area contributed by atoms with Crippen LogP contribution in [-0.4, -0.2) is 30.3 Å². The number of alkyl halides is 2. The Hall–Kier alpha value is -1.69. The first-order valence-corrected chi connectivity index (χ1v) is 6.46. The summed E-state index contributed by atoms with van der Waals surface area (Å²) < 4.78 is 28.2. The first kappa shape index (κ1) is 16.4. The van der Waals surface area contributed by atoms with Crippen LogP contribution in [0.15, 0.2) is 24.3 Å². The fourth-order valence-corrected chi connectivity index (χ4v) is 1.75. The van der Waals surface area contributed by atoms with Gasteiger partial charge in [-0.15, -0.1) is 0 Å². The number of hydrogen-bond acceptors (Lipinski definition) is 3. The molecule has 6 heteroatoms. The normalized spacial score (nSPS) is 12.4. The SMILES string of the molecule is CC(CCc1ccc(OC(F)F)cc1)NCCC(=O)O. The molecule has 0 bridgehead atoms. The lowest BCUT2D eigenvalue weighted by atomic mass is 10.1. The number of carbonyl (C=O) groups is 1. The highest BCUT2D eigenvalue weighted by Crippen LogP contribution is 2.16. The van der Waals surface area contributed by atoms with E-state index in [0.717, 1.165) is 18.4 Å². The van der Waals surface area contributed by atoms with E-state index < -0.39 is 12.6 Å². The number of aryl methyl sites for hydroxylation is 1. The van der Waals surface area contributed by atoms with Crippen molar-refractivity contribution in [2.24, 2.45) is 0 Å². The third kappa shape index (κ3) is 7.04. The standard InChI is InChI=1S/C14H19F2NO3/c1-10(17-9-8-13(18)19)2-3-11-4-6-12(7-5-11)20-14(15)16/h4-7,10,14,17H,2-3,8-9H2,1H3,(H,18,19). The quantitative estimate of drug-likeness (QED) is 0.733. The van der Waals surface area contributed by atoms with E-state index in [-0.39, 0.29) is 18.2 Å². The van der Waals surface area contributed by atoms with Gasteiger partial charge in [-0.3, -0.25) is 4.79 Å². The van der Waals surface area contributed by atoms with Crippen molar-refractivity contribution in [3.8, 4) is 5.75 Å². The maximum Gasteiger partial charge on any atom is 0.387 e. The fourth-order valence-electron chi connectivity index (χ4n) is 1.75. The van der Waals surface area contributed by atoms with Gasteiger partial charge < -0.3 is 15.2 Å². The first-order valence-electron chi connectivity index (χ1n) is 6.46. The van der Waals surface area contributed by atoms with Crippen molar-refractivity contribution in [3.63, 3.8) is 0 Å². The van der Waals surface area contributed by atoms with Gasteiger partial charge in [-0.1, -0.05) is 12.1 Å². The molecule has 1 rings (SSSR count). The molecular weight excluding hydrogens is 268 g/mol. The third-order valence-electron chi connectivity index (χ3n) is 2.85. The Labute approximate surface area is 116 Å². The van der Waals surface area contributed by atoms with Crippen LogP contribution >= 0.6 is 0 Å². The molecule has 1 aromatic rings. The second kappa shape index (κ2) is 8.47. The van der Waals surface area contributed by atoms with Crippen LogP contribution in [0.3, 0.4) is 0 Å². The van der Waals surface area contributed by atoms with E-state index in [1.54, 1.807) is 12.1 Å². The van der Waals surface area contributed by atoms with Crippen molar-refractivity contribution >= 4 is 5.97 Å². The summed E-state index contributed by atoms with van der Waals surface area (Å²) in [5, 5.41) is 11.6. The average Bonchev–Trinajstić information content (AvgIpc) is 2.37. The fraction of sp³-hybridized carbons (Fsp3) is 0.500. The third-order valence-corrected chi connectivity index (χ3v) is 2.85. The lowest BCUT2D eigenvalue weighted by molar-refractivity contribution is -0.136. The molecule has 1 aromatic carbocycles. The van der Waals surface area contributed by atoms with Crippen molar-refractivity contribution in [3.05, 3.63) is 29.8 Å².